The Labute approximate surface area is 187 Å². The van der Waals surface area contributed by atoms with Gasteiger partial charge in [0.05, 0.1) is 17.0 Å². The third kappa shape index (κ3) is 4.95. The standard InChI is InChI=1S/C22H22F3N5OS/c1-15-7-10-29(11-8-15)19(31)14-32-21-28-27-20(16-4-3-9-26-13-16)30(21)18-6-2-5-17(12-18)22(23,24)25/h2-6,9,12-13,15H,7-8,10-11,14H2,1H3. The van der Waals surface area contributed by atoms with E-state index in [0.717, 1.165) is 38.1 Å². The second-order valence-corrected chi connectivity index (χ2v) is 8.73. The van der Waals surface area contributed by atoms with E-state index in [1.807, 2.05) is 4.90 Å². The molecule has 32 heavy (non-hydrogen) atoms. The molecule has 10 heteroatoms. The second kappa shape index (κ2) is 9.32. The fourth-order valence-electron chi connectivity index (χ4n) is 3.58. The van der Waals surface area contributed by atoms with E-state index in [1.54, 1.807) is 35.2 Å². The number of thioether (sulfide) groups is 1. The normalized spacial score (nSPS) is 15.2. The highest BCUT2D eigenvalue weighted by atomic mass is 32.2. The van der Waals surface area contributed by atoms with Gasteiger partial charge in [0, 0.05) is 31.0 Å². The van der Waals surface area contributed by atoms with Crippen LogP contribution in [0.4, 0.5) is 13.2 Å². The number of benzene rings is 1. The lowest BCUT2D eigenvalue weighted by Gasteiger charge is -2.30. The van der Waals surface area contributed by atoms with Crippen LogP contribution in [-0.4, -0.2) is 49.4 Å². The monoisotopic (exact) mass is 461 g/mol. The van der Waals surface area contributed by atoms with E-state index in [-0.39, 0.29) is 17.3 Å². The zero-order chi connectivity index (χ0) is 22.7. The molecular formula is C22H22F3N5OS. The molecule has 1 amide bonds. The number of carbonyl (C=O) groups is 1. The van der Waals surface area contributed by atoms with E-state index in [9.17, 15) is 18.0 Å². The molecule has 0 unspecified atom stereocenters. The highest BCUT2D eigenvalue weighted by molar-refractivity contribution is 7.99. The van der Waals surface area contributed by atoms with Crippen LogP contribution in [0.5, 0.6) is 0 Å². The van der Waals surface area contributed by atoms with Gasteiger partial charge in [-0.25, -0.2) is 0 Å². The Balaban J connectivity index is 1.65. The first-order valence-corrected chi connectivity index (χ1v) is 11.3. The number of likely N-dealkylation sites (tertiary alicyclic amines) is 1. The average Bonchev–Trinajstić information content (AvgIpc) is 3.22. The summed E-state index contributed by atoms with van der Waals surface area (Å²) in [5.41, 5.74) is 0.112. The van der Waals surface area contributed by atoms with Gasteiger partial charge in [0.1, 0.15) is 0 Å². The van der Waals surface area contributed by atoms with Crippen LogP contribution >= 0.6 is 11.8 Å². The number of halogens is 3. The van der Waals surface area contributed by atoms with E-state index in [2.05, 4.69) is 22.1 Å². The molecule has 6 nitrogen and oxygen atoms in total. The van der Waals surface area contributed by atoms with E-state index >= 15 is 0 Å². The molecular weight excluding hydrogens is 439 g/mol. The summed E-state index contributed by atoms with van der Waals surface area (Å²) < 4.78 is 41.5. The van der Waals surface area contributed by atoms with Gasteiger partial charge in [-0.3, -0.25) is 14.3 Å². The highest BCUT2D eigenvalue weighted by Gasteiger charge is 2.31. The van der Waals surface area contributed by atoms with E-state index < -0.39 is 11.7 Å². The maximum absolute atomic E-state index is 13.3. The molecule has 3 heterocycles. The zero-order valence-corrected chi connectivity index (χ0v) is 18.2. The fourth-order valence-corrected chi connectivity index (χ4v) is 4.43. The Morgan fingerprint density at radius 3 is 2.62 bits per heavy atom. The number of alkyl halides is 3. The molecule has 3 aromatic rings. The number of aromatic nitrogens is 4. The molecule has 168 valence electrons. The summed E-state index contributed by atoms with van der Waals surface area (Å²) in [6.45, 7) is 3.62. The van der Waals surface area contributed by atoms with Gasteiger partial charge in [0.2, 0.25) is 5.91 Å². The molecule has 0 aliphatic carbocycles. The van der Waals surface area contributed by atoms with Gasteiger partial charge in [0.25, 0.3) is 0 Å². The maximum atomic E-state index is 13.3. The third-order valence-corrected chi connectivity index (χ3v) is 6.36. The fraction of sp³-hybridized carbons (Fsp3) is 0.364. The van der Waals surface area contributed by atoms with Crippen LogP contribution < -0.4 is 0 Å². The van der Waals surface area contributed by atoms with Crippen molar-refractivity contribution in [3.8, 4) is 17.1 Å². The molecule has 0 spiro atoms. The predicted molar refractivity (Wildman–Crippen MR) is 115 cm³/mol. The first kappa shape index (κ1) is 22.3. The molecule has 0 saturated carbocycles. The van der Waals surface area contributed by atoms with Crippen LogP contribution in [0.3, 0.4) is 0 Å². The molecule has 4 rings (SSSR count). The van der Waals surface area contributed by atoms with Gasteiger partial charge in [-0.05, 0) is 49.1 Å². The average molecular weight is 462 g/mol. The summed E-state index contributed by atoms with van der Waals surface area (Å²) in [7, 11) is 0. The van der Waals surface area contributed by atoms with Gasteiger partial charge >= 0.3 is 6.18 Å². The Morgan fingerprint density at radius 1 is 1.16 bits per heavy atom. The van der Waals surface area contributed by atoms with E-state index in [1.165, 1.54) is 17.8 Å². The Hall–Kier alpha value is -2.88. The third-order valence-electron chi connectivity index (χ3n) is 5.45. The summed E-state index contributed by atoms with van der Waals surface area (Å²) in [5, 5.41) is 8.74. The summed E-state index contributed by atoms with van der Waals surface area (Å²) >= 11 is 1.17. The second-order valence-electron chi connectivity index (χ2n) is 7.78. The Kier molecular flexibility index (Phi) is 6.50. The van der Waals surface area contributed by atoms with E-state index in [4.69, 9.17) is 0 Å². The molecule has 1 saturated heterocycles. The van der Waals surface area contributed by atoms with Crippen molar-refractivity contribution < 1.29 is 18.0 Å². The summed E-state index contributed by atoms with van der Waals surface area (Å²) in [6.07, 6.45) is 0.641. The van der Waals surface area contributed by atoms with Crippen molar-refractivity contribution >= 4 is 17.7 Å². The zero-order valence-electron chi connectivity index (χ0n) is 17.4. The summed E-state index contributed by atoms with van der Waals surface area (Å²) in [5.74, 6) is 1.10. The number of pyridine rings is 1. The quantitative estimate of drug-likeness (QED) is 0.516. The SMILES string of the molecule is CC1CCN(C(=O)CSc2nnc(-c3cccnc3)n2-c2cccc(C(F)(F)F)c2)CC1. The number of rotatable bonds is 5. The van der Waals surface area contributed by atoms with Gasteiger partial charge in [-0.1, -0.05) is 24.8 Å². The minimum absolute atomic E-state index is 0.0107. The molecule has 1 fully saturated rings. The molecule has 1 aliphatic heterocycles. The van der Waals surface area contributed by atoms with Crippen molar-refractivity contribution in [3.05, 3.63) is 54.4 Å². The summed E-state index contributed by atoms with van der Waals surface area (Å²) in [6, 6.07) is 8.46. The van der Waals surface area contributed by atoms with Crippen LogP contribution in [-0.2, 0) is 11.0 Å². The van der Waals surface area contributed by atoms with Crippen LogP contribution in [0.15, 0.2) is 53.9 Å². The molecule has 1 aliphatic rings. The minimum Gasteiger partial charge on any atom is -0.342 e. The smallest absolute Gasteiger partial charge is 0.342 e. The first-order chi connectivity index (χ1) is 15.3. The molecule has 0 radical (unpaired) electrons. The number of carbonyl (C=O) groups excluding carboxylic acids is 1. The van der Waals surface area contributed by atoms with E-state index in [0.29, 0.717) is 22.5 Å². The number of nitrogens with zero attached hydrogens (tertiary/aromatic N) is 5. The topological polar surface area (TPSA) is 63.9 Å². The lowest BCUT2D eigenvalue weighted by atomic mass is 9.99. The van der Waals surface area contributed by atoms with Crippen molar-refractivity contribution in [1.82, 2.24) is 24.6 Å². The number of hydrogen-bond acceptors (Lipinski definition) is 5. The molecule has 2 aromatic heterocycles. The lowest BCUT2D eigenvalue weighted by molar-refractivity contribution is -0.137. The van der Waals surface area contributed by atoms with Crippen LogP contribution in [0.2, 0.25) is 0 Å². The van der Waals surface area contributed by atoms with Gasteiger partial charge in [-0.2, -0.15) is 13.2 Å². The van der Waals surface area contributed by atoms with Crippen molar-refractivity contribution in [2.24, 2.45) is 5.92 Å². The Morgan fingerprint density at radius 2 is 1.94 bits per heavy atom. The van der Waals surface area contributed by atoms with Crippen LogP contribution in [0.25, 0.3) is 17.1 Å². The number of piperidine rings is 1. The van der Waals surface area contributed by atoms with Gasteiger partial charge < -0.3 is 4.90 Å². The van der Waals surface area contributed by atoms with Crippen molar-refractivity contribution in [2.45, 2.75) is 31.1 Å². The molecule has 0 atom stereocenters. The largest absolute Gasteiger partial charge is 0.416 e. The Bertz CT molecular complexity index is 1080. The predicted octanol–water partition coefficient (Wildman–Crippen LogP) is 4.70. The van der Waals surface area contributed by atoms with Crippen LogP contribution in [0.1, 0.15) is 25.3 Å². The van der Waals surface area contributed by atoms with Gasteiger partial charge in [0.15, 0.2) is 11.0 Å². The lowest BCUT2D eigenvalue weighted by Crippen LogP contribution is -2.38. The molecule has 0 N–H and O–H groups in total. The van der Waals surface area contributed by atoms with Crippen molar-refractivity contribution in [2.75, 3.05) is 18.8 Å². The van der Waals surface area contributed by atoms with Crippen molar-refractivity contribution in [1.29, 1.82) is 0 Å². The first-order valence-electron chi connectivity index (χ1n) is 10.3. The summed E-state index contributed by atoms with van der Waals surface area (Å²) in [4.78, 5) is 18.6. The molecule has 1 aromatic carbocycles. The number of hydrogen-bond donors (Lipinski definition) is 0. The number of amides is 1. The maximum Gasteiger partial charge on any atom is 0.416 e. The van der Waals surface area contributed by atoms with Gasteiger partial charge in [-0.15, -0.1) is 10.2 Å². The van der Waals surface area contributed by atoms with Crippen molar-refractivity contribution in [3.63, 3.8) is 0 Å². The molecule has 0 bridgehead atoms. The highest BCUT2D eigenvalue weighted by Crippen LogP contribution is 2.33. The van der Waals surface area contributed by atoms with Crippen LogP contribution in [0, 0.1) is 5.92 Å². The minimum atomic E-state index is -4.48.